The highest BCUT2D eigenvalue weighted by Gasteiger charge is 2.68. The summed E-state index contributed by atoms with van der Waals surface area (Å²) >= 11 is 0. The molecule has 3 heterocycles. The summed E-state index contributed by atoms with van der Waals surface area (Å²) < 4.78 is 5.88. The van der Waals surface area contributed by atoms with Crippen molar-refractivity contribution in [1.29, 1.82) is 0 Å². The molecule has 0 N–H and O–H groups in total. The molecule has 3 atom stereocenters. The highest BCUT2D eigenvalue weighted by molar-refractivity contribution is 7.77. The monoisotopic (exact) mass is 305 g/mol. The summed E-state index contributed by atoms with van der Waals surface area (Å²) in [5.41, 5.74) is 0.0531. The van der Waals surface area contributed by atoms with Crippen LogP contribution in [0, 0.1) is 0 Å². The molecule has 1 aromatic heterocycles. The summed E-state index contributed by atoms with van der Waals surface area (Å²) in [5.74, 6) is 0.103. The maximum atomic E-state index is 13.0. The predicted octanol–water partition coefficient (Wildman–Crippen LogP) is 2.30. The normalized spacial score (nSPS) is 30.9. The van der Waals surface area contributed by atoms with Gasteiger partial charge in [0, 0.05) is 28.6 Å². The number of hydrogen-bond acceptors (Lipinski definition) is 3. The van der Waals surface area contributed by atoms with Crippen LogP contribution in [0.1, 0.15) is 10.4 Å². The van der Waals surface area contributed by atoms with Crippen LogP contribution in [0.5, 0.6) is 0 Å². The minimum Gasteiger partial charge on any atom is -0.348 e. The number of allylic oxidation sites excluding steroid dienone is 2. The van der Waals surface area contributed by atoms with E-state index in [4.69, 9.17) is 4.74 Å². The summed E-state index contributed by atoms with van der Waals surface area (Å²) in [6.07, 6.45) is 9.64. The number of benzene rings is 1. The van der Waals surface area contributed by atoms with E-state index >= 15 is 0 Å². The lowest BCUT2D eigenvalue weighted by molar-refractivity contribution is 0.0906. The third-order valence-electron chi connectivity index (χ3n) is 4.45. The van der Waals surface area contributed by atoms with E-state index in [1.807, 2.05) is 42.6 Å². The highest BCUT2D eigenvalue weighted by Crippen LogP contribution is 2.63. The third kappa shape index (κ3) is 1.43. The molecule has 1 fully saturated rings. The fourth-order valence-corrected chi connectivity index (χ4v) is 6.15. The van der Waals surface area contributed by atoms with Gasteiger partial charge in [-0.05, 0) is 19.3 Å². The van der Waals surface area contributed by atoms with Crippen molar-refractivity contribution in [3.05, 3.63) is 77.9 Å². The summed E-state index contributed by atoms with van der Waals surface area (Å²) in [7, 11) is -0.772. The molecule has 2 aromatic rings. The second kappa shape index (κ2) is 4.22. The fraction of sp³-hybridized carbons (Fsp3) is 0.111. The van der Waals surface area contributed by atoms with Crippen molar-refractivity contribution >= 4 is 24.3 Å². The van der Waals surface area contributed by atoms with Crippen molar-refractivity contribution in [3.63, 3.8) is 0 Å². The molecule has 3 nitrogen and oxygen atoms in total. The fourth-order valence-electron chi connectivity index (χ4n) is 3.41. The van der Waals surface area contributed by atoms with E-state index in [9.17, 15) is 4.79 Å². The van der Waals surface area contributed by atoms with Crippen molar-refractivity contribution in [2.45, 2.75) is 11.7 Å². The van der Waals surface area contributed by atoms with Crippen molar-refractivity contribution in [2.75, 3.05) is 0 Å². The number of pyridine rings is 1. The molecule has 22 heavy (non-hydrogen) atoms. The molecule has 5 rings (SSSR count). The third-order valence-corrected chi connectivity index (χ3v) is 7.06. The van der Waals surface area contributed by atoms with Gasteiger partial charge in [0.1, 0.15) is 6.10 Å². The number of Topliss-reactive ketones (excluding diaryl/α,β-unsaturated/α-hetero) is 1. The summed E-state index contributed by atoms with van der Waals surface area (Å²) in [5, 5.41) is 3.37. The number of fused-ring (bicyclic) bond motifs is 1. The molecule has 1 spiro atoms. The van der Waals surface area contributed by atoms with Gasteiger partial charge in [0.2, 0.25) is 5.78 Å². The van der Waals surface area contributed by atoms with Crippen LogP contribution in [0.3, 0.4) is 0 Å². The number of aromatic nitrogens is 1. The van der Waals surface area contributed by atoms with Gasteiger partial charge in [0.15, 0.2) is 5.60 Å². The van der Waals surface area contributed by atoms with Gasteiger partial charge < -0.3 is 4.74 Å². The van der Waals surface area contributed by atoms with Gasteiger partial charge in [-0.25, -0.2) is 0 Å². The summed E-state index contributed by atoms with van der Waals surface area (Å²) in [6, 6.07) is 12.0. The van der Waals surface area contributed by atoms with Crippen LogP contribution >= 0.6 is 7.92 Å². The number of carbonyl (C=O) groups excluding carboxylic acids is 1. The van der Waals surface area contributed by atoms with Gasteiger partial charge >= 0.3 is 0 Å². The predicted molar refractivity (Wildman–Crippen MR) is 86.0 cm³/mol. The molecule has 0 saturated carbocycles. The average Bonchev–Trinajstić information content (AvgIpc) is 3.32. The lowest BCUT2D eigenvalue weighted by atomic mass is 9.90. The van der Waals surface area contributed by atoms with Crippen LogP contribution in [0.15, 0.2) is 72.3 Å². The molecule has 0 bridgehead atoms. The number of ketones is 1. The van der Waals surface area contributed by atoms with Crippen molar-refractivity contribution in [3.8, 4) is 0 Å². The molecule has 1 saturated heterocycles. The van der Waals surface area contributed by atoms with Gasteiger partial charge in [-0.15, -0.1) is 0 Å². The van der Waals surface area contributed by atoms with Gasteiger partial charge in [-0.2, -0.15) is 0 Å². The minimum absolute atomic E-state index is 0.102. The van der Waals surface area contributed by atoms with Gasteiger partial charge in [-0.3, -0.25) is 9.78 Å². The van der Waals surface area contributed by atoms with Crippen LogP contribution in [0.4, 0.5) is 0 Å². The Bertz CT molecular complexity index is 858. The molecule has 0 radical (unpaired) electrons. The summed E-state index contributed by atoms with van der Waals surface area (Å²) in [6.45, 7) is 0. The topological polar surface area (TPSA) is 42.5 Å². The number of nitrogens with zero attached hydrogens (tertiary/aromatic N) is 1. The first-order chi connectivity index (χ1) is 10.8. The van der Waals surface area contributed by atoms with E-state index in [2.05, 4.69) is 23.2 Å². The van der Waals surface area contributed by atoms with Gasteiger partial charge in [0.25, 0.3) is 0 Å². The van der Waals surface area contributed by atoms with Crippen molar-refractivity contribution < 1.29 is 9.53 Å². The SMILES string of the molecule is O=C1c2ccccc2P(c2cccnc2)C2=CC=CC3OC123. The first kappa shape index (κ1) is 12.5. The molecule has 1 aromatic carbocycles. The molecular weight excluding hydrogens is 293 g/mol. The van der Waals surface area contributed by atoms with Crippen molar-refractivity contribution in [2.24, 2.45) is 0 Å². The van der Waals surface area contributed by atoms with E-state index in [0.717, 1.165) is 21.5 Å². The Hall–Kier alpha value is -2.09. The second-order valence-electron chi connectivity index (χ2n) is 5.60. The van der Waals surface area contributed by atoms with Crippen LogP contribution in [-0.2, 0) is 4.74 Å². The van der Waals surface area contributed by atoms with E-state index in [1.54, 1.807) is 6.20 Å². The van der Waals surface area contributed by atoms with E-state index in [-0.39, 0.29) is 11.9 Å². The Kier molecular flexibility index (Phi) is 2.39. The number of hydrogen-bond donors (Lipinski definition) is 0. The molecule has 106 valence electrons. The first-order valence-corrected chi connectivity index (χ1v) is 8.57. The van der Waals surface area contributed by atoms with Crippen molar-refractivity contribution in [1.82, 2.24) is 4.98 Å². The molecule has 4 heteroatoms. The minimum atomic E-state index is -0.772. The Balaban J connectivity index is 1.82. The zero-order valence-corrected chi connectivity index (χ0v) is 12.5. The highest BCUT2D eigenvalue weighted by atomic mass is 31.1. The Morgan fingerprint density at radius 2 is 2.09 bits per heavy atom. The van der Waals surface area contributed by atoms with Crippen LogP contribution in [0.25, 0.3) is 0 Å². The maximum absolute atomic E-state index is 13.0. The number of ether oxygens (including phenoxy) is 1. The van der Waals surface area contributed by atoms with Crippen LogP contribution < -0.4 is 10.6 Å². The quantitative estimate of drug-likeness (QED) is 0.600. The molecular formula is C18H12NO2P. The molecule has 3 aliphatic rings. The molecule has 1 aliphatic carbocycles. The van der Waals surface area contributed by atoms with E-state index < -0.39 is 13.5 Å². The molecule has 3 unspecified atom stereocenters. The second-order valence-corrected chi connectivity index (χ2v) is 7.75. The van der Waals surface area contributed by atoms with Gasteiger partial charge in [0.05, 0.1) is 0 Å². The largest absolute Gasteiger partial charge is 0.348 e. The van der Waals surface area contributed by atoms with Gasteiger partial charge in [-0.1, -0.05) is 48.6 Å². The Morgan fingerprint density at radius 1 is 1.18 bits per heavy atom. The van der Waals surface area contributed by atoms with Crippen LogP contribution in [-0.4, -0.2) is 22.5 Å². The number of rotatable bonds is 1. The zero-order valence-electron chi connectivity index (χ0n) is 11.6. The number of epoxide rings is 1. The number of carbonyl (C=O) groups is 1. The maximum Gasteiger partial charge on any atom is 0.203 e. The lowest BCUT2D eigenvalue weighted by Gasteiger charge is -2.33. The van der Waals surface area contributed by atoms with Crippen LogP contribution in [0.2, 0.25) is 0 Å². The average molecular weight is 305 g/mol. The van der Waals surface area contributed by atoms with E-state index in [0.29, 0.717) is 0 Å². The Labute approximate surface area is 129 Å². The van der Waals surface area contributed by atoms with E-state index in [1.165, 1.54) is 0 Å². The standard InChI is InChI=1S/C18H12NO2P/c20-17-13-6-1-2-7-14(13)22(12-5-4-10-19-11-12)16-9-3-8-15-18(16,17)21-15/h1-11,15H. The lowest BCUT2D eigenvalue weighted by Crippen LogP contribution is -2.40. The molecule has 2 aliphatic heterocycles. The smallest absolute Gasteiger partial charge is 0.203 e. The summed E-state index contributed by atoms with van der Waals surface area (Å²) in [4.78, 5) is 17.3. The first-order valence-electron chi connectivity index (χ1n) is 7.23. The Morgan fingerprint density at radius 3 is 2.95 bits per heavy atom. The molecule has 0 amide bonds. The zero-order chi connectivity index (χ0) is 14.7.